The molecule has 0 bridgehead atoms. The van der Waals surface area contributed by atoms with E-state index in [2.05, 4.69) is 4.98 Å². The minimum absolute atomic E-state index is 0.0584. The van der Waals surface area contributed by atoms with Gasteiger partial charge in [-0.05, 0) is 35.9 Å². The van der Waals surface area contributed by atoms with Crippen molar-refractivity contribution < 1.29 is 40.6 Å². The van der Waals surface area contributed by atoms with Gasteiger partial charge in [0.05, 0.1) is 12.2 Å². The number of aliphatic hydroxyl groups is 1. The predicted octanol–water partition coefficient (Wildman–Crippen LogP) is 5.48. The first-order chi connectivity index (χ1) is 15.0. The van der Waals surface area contributed by atoms with Crippen LogP contribution in [-0.2, 0) is 22.4 Å². The highest BCUT2D eigenvalue weighted by atomic mass is 19.4. The molecule has 1 N–H and O–H groups in total. The van der Waals surface area contributed by atoms with Gasteiger partial charge in [0.25, 0.3) is 0 Å². The van der Waals surface area contributed by atoms with Crippen molar-refractivity contribution in [1.82, 2.24) is 4.98 Å². The predicted molar refractivity (Wildman–Crippen MR) is 97.6 cm³/mol. The highest BCUT2D eigenvalue weighted by Crippen LogP contribution is 2.56. The molecule has 1 aliphatic heterocycles. The van der Waals surface area contributed by atoms with E-state index in [1.54, 1.807) is 0 Å². The number of halogens is 7. The summed E-state index contributed by atoms with van der Waals surface area (Å²) in [7, 11) is 0. The molecule has 0 saturated carbocycles. The minimum atomic E-state index is -4.54. The first-order valence-electron chi connectivity index (χ1n) is 9.25. The number of rotatable bonds is 5. The number of pyridine rings is 1. The van der Waals surface area contributed by atoms with Gasteiger partial charge < -0.3 is 9.84 Å². The molecule has 2 unspecified atom stereocenters. The lowest BCUT2D eigenvalue weighted by atomic mass is 9.90. The average molecular weight is 457 g/mol. The highest BCUT2D eigenvalue weighted by Gasteiger charge is 2.68. The zero-order valence-electron chi connectivity index (χ0n) is 16.0. The van der Waals surface area contributed by atoms with E-state index in [0.717, 1.165) is 54.7 Å². The number of epoxide rings is 1. The Morgan fingerprint density at radius 2 is 1.53 bits per heavy atom. The quantitative estimate of drug-likeness (QED) is 0.408. The van der Waals surface area contributed by atoms with Crippen LogP contribution in [0.1, 0.15) is 34.1 Å². The fourth-order valence-electron chi connectivity index (χ4n) is 3.40. The number of nitrogens with zero attached hydrogens (tertiary/aromatic N) is 1. The molecule has 3 nitrogen and oxygen atoms in total. The Kier molecular flexibility index (Phi) is 5.25. The standard InChI is InChI=1S/C22H14F7NO2/c23-15-6-7-16(17(24)9-15)20(11-32-20)21(25,26)18-8-3-13(10-30-18)19(31)12-1-4-14(5-2-12)22(27,28)29/h1-10,19,31H,11H2. The summed E-state index contributed by atoms with van der Waals surface area (Å²) in [4.78, 5) is 3.67. The molecular weight excluding hydrogens is 443 g/mol. The molecule has 10 heteroatoms. The van der Waals surface area contributed by atoms with Gasteiger partial charge in [-0.15, -0.1) is 0 Å². The lowest BCUT2D eigenvalue weighted by Crippen LogP contribution is -2.34. The van der Waals surface area contributed by atoms with E-state index in [4.69, 9.17) is 4.74 Å². The smallest absolute Gasteiger partial charge is 0.384 e. The van der Waals surface area contributed by atoms with E-state index >= 15 is 8.78 Å². The fraction of sp³-hybridized carbons (Fsp3) is 0.227. The van der Waals surface area contributed by atoms with Crippen LogP contribution in [0.15, 0.2) is 60.8 Å². The maximum Gasteiger partial charge on any atom is 0.416 e. The van der Waals surface area contributed by atoms with Crippen LogP contribution in [0.4, 0.5) is 30.7 Å². The van der Waals surface area contributed by atoms with Gasteiger partial charge in [0, 0.05) is 23.4 Å². The number of benzene rings is 2. The average Bonchev–Trinajstić information content (AvgIpc) is 3.55. The summed E-state index contributed by atoms with van der Waals surface area (Å²) < 4.78 is 101. The van der Waals surface area contributed by atoms with Crippen LogP contribution in [-0.4, -0.2) is 16.7 Å². The highest BCUT2D eigenvalue weighted by molar-refractivity contribution is 5.37. The lowest BCUT2D eigenvalue weighted by Gasteiger charge is -2.24. The van der Waals surface area contributed by atoms with Crippen molar-refractivity contribution in [1.29, 1.82) is 0 Å². The third kappa shape index (κ3) is 3.73. The molecule has 0 radical (unpaired) electrons. The zero-order valence-corrected chi connectivity index (χ0v) is 16.0. The molecule has 2 heterocycles. The van der Waals surface area contributed by atoms with Gasteiger partial charge in [-0.2, -0.15) is 22.0 Å². The molecular formula is C22H14F7NO2. The molecule has 168 valence electrons. The number of hydrogen-bond donors (Lipinski definition) is 1. The summed E-state index contributed by atoms with van der Waals surface area (Å²) in [5.41, 5.74) is -4.37. The van der Waals surface area contributed by atoms with Gasteiger partial charge in [0.1, 0.15) is 23.4 Å². The monoisotopic (exact) mass is 457 g/mol. The summed E-state index contributed by atoms with van der Waals surface area (Å²) in [5.74, 6) is -5.90. The molecule has 1 aromatic heterocycles. The zero-order chi connectivity index (χ0) is 23.3. The first-order valence-corrected chi connectivity index (χ1v) is 9.25. The van der Waals surface area contributed by atoms with E-state index in [-0.39, 0.29) is 11.1 Å². The molecule has 3 aromatic rings. The van der Waals surface area contributed by atoms with Crippen molar-refractivity contribution in [3.8, 4) is 0 Å². The lowest BCUT2D eigenvalue weighted by molar-refractivity contribution is -0.137. The Morgan fingerprint density at radius 3 is 2.03 bits per heavy atom. The van der Waals surface area contributed by atoms with Crippen LogP contribution in [0.5, 0.6) is 0 Å². The van der Waals surface area contributed by atoms with Gasteiger partial charge in [0.2, 0.25) is 0 Å². The first kappa shape index (κ1) is 22.2. The second-order valence-corrected chi connectivity index (χ2v) is 7.31. The Balaban J connectivity index is 1.59. The second kappa shape index (κ2) is 7.56. The number of alkyl halides is 5. The SMILES string of the molecule is OC(c1ccc(C(F)(F)F)cc1)c1ccc(C(F)(F)C2(c3ccc(F)cc3F)CO2)nc1. The summed E-state index contributed by atoms with van der Waals surface area (Å²) in [6, 6.07) is 7.97. The molecule has 0 aliphatic carbocycles. The molecule has 32 heavy (non-hydrogen) atoms. The largest absolute Gasteiger partial charge is 0.416 e. The molecule has 2 atom stereocenters. The van der Waals surface area contributed by atoms with Crippen molar-refractivity contribution in [2.75, 3.05) is 6.61 Å². The minimum Gasteiger partial charge on any atom is -0.384 e. The number of hydrogen-bond acceptors (Lipinski definition) is 3. The van der Waals surface area contributed by atoms with E-state index in [1.807, 2.05) is 0 Å². The van der Waals surface area contributed by atoms with Crippen molar-refractivity contribution >= 4 is 0 Å². The molecule has 1 aliphatic rings. The third-order valence-corrected chi connectivity index (χ3v) is 5.28. The van der Waals surface area contributed by atoms with Gasteiger partial charge in [-0.3, -0.25) is 4.98 Å². The summed E-state index contributed by atoms with van der Waals surface area (Å²) in [6.07, 6.45) is -5.00. The molecule has 0 amide bonds. The van der Waals surface area contributed by atoms with Gasteiger partial charge in [-0.25, -0.2) is 8.78 Å². The van der Waals surface area contributed by atoms with Crippen molar-refractivity contribution in [2.45, 2.75) is 23.8 Å². The van der Waals surface area contributed by atoms with E-state index in [9.17, 15) is 27.1 Å². The summed E-state index contributed by atoms with van der Waals surface area (Å²) in [6.45, 7) is -0.514. The van der Waals surface area contributed by atoms with Crippen molar-refractivity contribution in [2.24, 2.45) is 0 Å². The van der Waals surface area contributed by atoms with Gasteiger partial charge in [0.15, 0.2) is 5.60 Å². The number of aliphatic hydroxyl groups excluding tert-OH is 1. The maximum absolute atomic E-state index is 15.2. The summed E-state index contributed by atoms with van der Waals surface area (Å²) >= 11 is 0. The van der Waals surface area contributed by atoms with Crippen LogP contribution >= 0.6 is 0 Å². The van der Waals surface area contributed by atoms with Crippen LogP contribution < -0.4 is 0 Å². The van der Waals surface area contributed by atoms with Gasteiger partial charge in [-0.1, -0.05) is 18.2 Å². The fourth-order valence-corrected chi connectivity index (χ4v) is 3.40. The Bertz CT molecular complexity index is 1120. The Labute approximate surface area is 177 Å². The van der Waals surface area contributed by atoms with E-state index in [0.29, 0.717) is 6.07 Å². The van der Waals surface area contributed by atoms with Crippen molar-refractivity contribution in [3.05, 3.63) is 100 Å². The normalized spacial score (nSPS) is 19.6. The number of aromatic nitrogens is 1. The Hall–Kier alpha value is -2.98. The molecule has 1 fully saturated rings. The van der Waals surface area contributed by atoms with E-state index in [1.165, 1.54) is 0 Å². The number of ether oxygens (including phenoxy) is 1. The molecule has 0 spiro atoms. The van der Waals surface area contributed by atoms with Crippen LogP contribution in [0.25, 0.3) is 0 Å². The Morgan fingerprint density at radius 1 is 0.906 bits per heavy atom. The van der Waals surface area contributed by atoms with Crippen molar-refractivity contribution in [3.63, 3.8) is 0 Å². The molecule has 2 aromatic carbocycles. The topological polar surface area (TPSA) is 45.6 Å². The second-order valence-electron chi connectivity index (χ2n) is 7.31. The molecule has 4 rings (SSSR count). The van der Waals surface area contributed by atoms with Gasteiger partial charge >= 0.3 is 12.1 Å². The third-order valence-electron chi connectivity index (χ3n) is 5.28. The summed E-state index contributed by atoms with van der Waals surface area (Å²) in [5, 5.41) is 10.4. The van der Waals surface area contributed by atoms with Crippen LogP contribution in [0.3, 0.4) is 0 Å². The van der Waals surface area contributed by atoms with Crippen LogP contribution in [0, 0.1) is 11.6 Å². The maximum atomic E-state index is 15.2. The van der Waals surface area contributed by atoms with E-state index < -0.39 is 58.9 Å². The molecule has 1 saturated heterocycles. The van der Waals surface area contributed by atoms with Crippen LogP contribution in [0.2, 0.25) is 0 Å².